The van der Waals surface area contributed by atoms with Crippen LogP contribution in [0, 0.1) is 5.82 Å². The number of alkyl halides is 3. The summed E-state index contributed by atoms with van der Waals surface area (Å²) in [7, 11) is 3.60. The summed E-state index contributed by atoms with van der Waals surface area (Å²) in [6.45, 7) is 2.20. The van der Waals surface area contributed by atoms with Gasteiger partial charge in [0, 0.05) is 18.7 Å². The Morgan fingerprint density at radius 1 is 1.05 bits per heavy atom. The zero-order chi connectivity index (χ0) is 27.3. The molecular weight excluding hydrogens is 556 g/mol. The Balaban J connectivity index is 2.22. The Labute approximate surface area is 220 Å². The number of nitrogens with zero attached hydrogens (tertiary/aromatic N) is 4. The van der Waals surface area contributed by atoms with Crippen molar-refractivity contribution in [3.05, 3.63) is 97.9 Å². The van der Waals surface area contributed by atoms with Crippen LogP contribution in [0.1, 0.15) is 46.8 Å². The summed E-state index contributed by atoms with van der Waals surface area (Å²) in [5, 5.41) is 0. The van der Waals surface area contributed by atoms with Crippen LogP contribution < -0.4 is 5.56 Å². The topological polar surface area (TPSA) is 58.4 Å². The Hall–Kier alpha value is -3.05. The van der Waals surface area contributed by atoms with Gasteiger partial charge in [0.1, 0.15) is 16.1 Å². The maximum absolute atomic E-state index is 13.9. The Morgan fingerprint density at radius 3 is 2.22 bits per heavy atom. The zero-order valence-corrected chi connectivity index (χ0v) is 22.2. The predicted octanol–water partition coefficient (Wildman–Crippen LogP) is 5.37. The lowest BCUT2D eigenvalue weighted by Crippen LogP contribution is -2.42. The number of likely N-dealkylation sites (N-methyl/N-ethyl adjacent to an activating group) is 1. The molecular formula is C26H27BrF4N4O2. The van der Waals surface area contributed by atoms with Gasteiger partial charge in [-0.3, -0.25) is 14.2 Å². The van der Waals surface area contributed by atoms with E-state index in [-0.39, 0.29) is 30.9 Å². The number of halogens is 5. The van der Waals surface area contributed by atoms with Crippen LogP contribution in [0.25, 0.3) is 0 Å². The summed E-state index contributed by atoms with van der Waals surface area (Å²) < 4.78 is 55.6. The number of hydrogen-bond donors (Lipinski definition) is 0. The van der Waals surface area contributed by atoms with E-state index in [2.05, 4.69) is 20.9 Å². The number of aromatic nitrogens is 2. The van der Waals surface area contributed by atoms with E-state index in [1.807, 2.05) is 4.90 Å². The lowest BCUT2D eigenvalue weighted by molar-refractivity contribution is -0.142. The monoisotopic (exact) mass is 582 g/mol. The molecule has 0 spiro atoms. The quantitative estimate of drug-likeness (QED) is 0.318. The number of hydrogen-bond acceptors (Lipinski definition) is 4. The van der Waals surface area contributed by atoms with E-state index in [1.54, 1.807) is 51.4 Å². The van der Waals surface area contributed by atoms with Gasteiger partial charge in [0.2, 0.25) is 0 Å². The van der Waals surface area contributed by atoms with Crippen LogP contribution in [0.4, 0.5) is 17.6 Å². The minimum Gasteiger partial charge on any atom is -0.327 e. The van der Waals surface area contributed by atoms with Crippen LogP contribution in [0.2, 0.25) is 0 Å². The average molecular weight is 583 g/mol. The molecule has 0 saturated carbocycles. The highest BCUT2D eigenvalue weighted by Gasteiger charge is 2.39. The third kappa shape index (κ3) is 6.84. The maximum atomic E-state index is 13.9. The lowest BCUT2D eigenvalue weighted by Gasteiger charge is -2.33. The highest BCUT2D eigenvalue weighted by molar-refractivity contribution is 9.10. The van der Waals surface area contributed by atoms with Gasteiger partial charge in [-0.25, -0.2) is 9.37 Å². The minimum atomic E-state index is -4.90. The Kier molecular flexibility index (Phi) is 9.25. The fraction of sp³-hybridized carbons (Fsp3) is 0.346. The Morgan fingerprint density at radius 2 is 1.68 bits per heavy atom. The zero-order valence-electron chi connectivity index (χ0n) is 20.6. The molecule has 0 aliphatic rings. The molecule has 2 aromatic carbocycles. The van der Waals surface area contributed by atoms with Gasteiger partial charge in [0.15, 0.2) is 5.69 Å². The molecule has 0 bridgehead atoms. The van der Waals surface area contributed by atoms with Crippen molar-refractivity contribution in [2.24, 2.45) is 0 Å². The number of benzene rings is 2. The molecule has 11 heteroatoms. The molecule has 0 N–H and O–H groups in total. The maximum Gasteiger partial charge on any atom is 0.434 e. The standard InChI is InChI=1S/C26H27BrF4N4O2/c1-4-20(34(15-14-33(2)3)24(36)18-10-12-19(28)13-11-18)23-32-22(26(29,30)31)21(27)25(37)35(23)16-17-8-6-5-7-9-17/h5-13,20H,4,14-16H2,1-3H3. The van der Waals surface area contributed by atoms with Crippen LogP contribution >= 0.6 is 15.9 Å². The second-order valence-corrected chi connectivity index (χ2v) is 9.53. The largest absolute Gasteiger partial charge is 0.434 e. The molecule has 0 saturated heterocycles. The summed E-state index contributed by atoms with van der Waals surface area (Å²) in [4.78, 5) is 34.0. The van der Waals surface area contributed by atoms with Crippen LogP contribution in [-0.4, -0.2) is 52.4 Å². The van der Waals surface area contributed by atoms with Crippen molar-refractivity contribution in [2.45, 2.75) is 32.1 Å². The summed E-state index contributed by atoms with van der Waals surface area (Å²) >= 11 is 2.81. The van der Waals surface area contributed by atoms with Crippen molar-refractivity contribution in [3.63, 3.8) is 0 Å². The van der Waals surface area contributed by atoms with E-state index >= 15 is 0 Å². The molecule has 0 aliphatic carbocycles. The lowest BCUT2D eigenvalue weighted by atomic mass is 10.1. The summed E-state index contributed by atoms with van der Waals surface area (Å²) in [5.41, 5.74) is -1.40. The van der Waals surface area contributed by atoms with Crippen molar-refractivity contribution in [1.82, 2.24) is 19.4 Å². The van der Waals surface area contributed by atoms with Crippen molar-refractivity contribution < 1.29 is 22.4 Å². The molecule has 0 aliphatic heterocycles. The van der Waals surface area contributed by atoms with Crippen molar-refractivity contribution >= 4 is 21.8 Å². The molecule has 1 unspecified atom stereocenters. The molecule has 198 valence electrons. The third-order valence-corrected chi connectivity index (χ3v) is 6.51. The normalized spacial score (nSPS) is 12.6. The van der Waals surface area contributed by atoms with Gasteiger partial charge >= 0.3 is 6.18 Å². The second kappa shape index (κ2) is 12.0. The van der Waals surface area contributed by atoms with Crippen LogP contribution in [0.5, 0.6) is 0 Å². The highest BCUT2D eigenvalue weighted by Crippen LogP contribution is 2.34. The third-order valence-electron chi connectivity index (χ3n) is 5.80. The summed E-state index contributed by atoms with van der Waals surface area (Å²) in [6.07, 6.45) is -4.72. The fourth-order valence-corrected chi connectivity index (χ4v) is 4.44. The van der Waals surface area contributed by atoms with Crippen molar-refractivity contribution in [2.75, 3.05) is 27.2 Å². The number of carbonyl (C=O) groups excluding carboxylic acids is 1. The molecule has 3 rings (SSSR count). The first kappa shape index (κ1) is 28.5. The van der Waals surface area contributed by atoms with E-state index in [4.69, 9.17) is 0 Å². The average Bonchev–Trinajstić information content (AvgIpc) is 2.85. The van der Waals surface area contributed by atoms with Crippen LogP contribution in [-0.2, 0) is 12.7 Å². The van der Waals surface area contributed by atoms with Crippen LogP contribution in [0.15, 0.2) is 63.9 Å². The summed E-state index contributed by atoms with van der Waals surface area (Å²) in [6, 6.07) is 12.7. The Bertz CT molecular complexity index is 1280. The number of rotatable bonds is 9. The molecule has 0 radical (unpaired) electrons. The van der Waals surface area contributed by atoms with Gasteiger partial charge in [0.05, 0.1) is 12.6 Å². The van der Waals surface area contributed by atoms with E-state index < -0.39 is 39.7 Å². The smallest absolute Gasteiger partial charge is 0.327 e. The molecule has 0 fully saturated rings. The first-order chi connectivity index (χ1) is 17.4. The number of amides is 1. The first-order valence-electron chi connectivity index (χ1n) is 11.6. The number of carbonyl (C=O) groups is 1. The molecule has 1 atom stereocenters. The molecule has 37 heavy (non-hydrogen) atoms. The first-order valence-corrected chi connectivity index (χ1v) is 12.4. The van der Waals surface area contributed by atoms with Crippen LogP contribution in [0.3, 0.4) is 0 Å². The predicted molar refractivity (Wildman–Crippen MR) is 136 cm³/mol. The van der Waals surface area contributed by atoms with E-state index in [1.165, 1.54) is 21.6 Å². The molecule has 1 heterocycles. The minimum absolute atomic E-state index is 0.0402. The van der Waals surface area contributed by atoms with E-state index in [0.29, 0.717) is 12.1 Å². The van der Waals surface area contributed by atoms with Gasteiger partial charge in [-0.2, -0.15) is 13.2 Å². The SMILES string of the molecule is CCC(c1nc(C(F)(F)F)c(Br)c(=O)n1Cc1ccccc1)N(CCN(C)C)C(=O)c1ccc(F)cc1. The van der Waals surface area contributed by atoms with E-state index in [9.17, 15) is 27.2 Å². The molecule has 6 nitrogen and oxygen atoms in total. The van der Waals surface area contributed by atoms with E-state index in [0.717, 1.165) is 12.1 Å². The molecule has 1 amide bonds. The second-order valence-electron chi connectivity index (χ2n) is 8.74. The van der Waals surface area contributed by atoms with Gasteiger partial charge < -0.3 is 9.80 Å². The summed E-state index contributed by atoms with van der Waals surface area (Å²) in [5.74, 6) is -1.21. The molecule has 3 aromatic rings. The van der Waals surface area contributed by atoms with Gasteiger partial charge in [-0.15, -0.1) is 0 Å². The van der Waals surface area contributed by atoms with Gasteiger partial charge in [-0.05, 0) is 66.3 Å². The van der Waals surface area contributed by atoms with Crippen molar-refractivity contribution in [1.29, 1.82) is 0 Å². The molecule has 1 aromatic heterocycles. The van der Waals surface area contributed by atoms with Gasteiger partial charge in [0.25, 0.3) is 11.5 Å². The fourth-order valence-electron chi connectivity index (χ4n) is 3.92. The van der Waals surface area contributed by atoms with Gasteiger partial charge in [-0.1, -0.05) is 37.3 Å². The van der Waals surface area contributed by atoms with Crippen molar-refractivity contribution in [3.8, 4) is 0 Å². The highest BCUT2D eigenvalue weighted by atomic mass is 79.9.